The summed E-state index contributed by atoms with van der Waals surface area (Å²) in [5, 5.41) is 8.73. The molecule has 9 heteroatoms. The minimum Gasteiger partial charge on any atom is -0.338 e. The molecule has 0 saturated carbocycles. The largest absolute Gasteiger partial charge is 0.338 e. The summed E-state index contributed by atoms with van der Waals surface area (Å²) in [7, 11) is 0. The molecule has 1 aliphatic rings. The first-order valence-corrected chi connectivity index (χ1v) is 11.3. The summed E-state index contributed by atoms with van der Waals surface area (Å²) < 4.78 is 1.65. The van der Waals surface area contributed by atoms with Crippen molar-refractivity contribution >= 4 is 28.7 Å². The average Bonchev–Trinajstić information content (AvgIpc) is 3.23. The van der Waals surface area contributed by atoms with Gasteiger partial charge in [0.15, 0.2) is 11.2 Å². The number of halogens is 1. The zero-order chi connectivity index (χ0) is 22.9. The van der Waals surface area contributed by atoms with Crippen LogP contribution in [0.25, 0.3) is 11.2 Å². The van der Waals surface area contributed by atoms with Crippen LogP contribution in [0.4, 0.5) is 0 Å². The number of carbonyl (C=O) groups excluding carboxylic acids is 1. The standard InChI is InChI=1S/C24H23ClN6O2/c1-15-7-9-16(10-8-15)13-31-22-20(28-29-31)23(32)27-21(26-22)18-5-3-11-30(14-18)24(33)17-4-2-6-19(25)12-17/h2,4,6-10,12,18H,3,5,11,13-14H2,1H3,(H,26,27,32). The number of hydrogen-bond donors (Lipinski definition) is 1. The van der Waals surface area contributed by atoms with Gasteiger partial charge in [-0.3, -0.25) is 9.59 Å². The normalized spacial score (nSPS) is 16.3. The van der Waals surface area contributed by atoms with Crippen LogP contribution >= 0.6 is 11.6 Å². The second-order valence-corrected chi connectivity index (χ2v) is 8.89. The van der Waals surface area contributed by atoms with Gasteiger partial charge in [-0.15, -0.1) is 5.10 Å². The number of rotatable bonds is 4. The van der Waals surface area contributed by atoms with Crippen molar-refractivity contribution in [3.63, 3.8) is 0 Å². The van der Waals surface area contributed by atoms with Crippen LogP contribution in [0.3, 0.4) is 0 Å². The number of carbonyl (C=O) groups is 1. The van der Waals surface area contributed by atoms with Crippen LogP contribution in [0.15, 0.2) is 53.3 Å². The predicted molar refractivity (Wildman–Crippen MR) is 126 cm³/mol. The minimum absolute atomic E-state index is 0.0725. The van der Waals surface area contributed by atoms with Gasteiger partial charge in [0.1, 0.15) is 5.82 Å². The number of aromatic nitrogens is 5. The van der Waals surface area contributed by atoms with Crippen molar-refractivity contribution < 1.29 is 4.79 Å². The highest BCUT2D eigenvalue weighted by Gasteiger charge is 2.28. The Kier molecular flexibility index (Phi) is 5.68. The van der Waals surface area contributed by atoms with Gasteiger partial charge in [0.25, 0.3) is 11.5 Å². The fourth-order valence-electron chi connectivity index (χ4n) is 4.24. The van der Waals surface area contributed by atoms with E-state index in [1.807, 2.05) is 31.2 Å². The molecule has 4 aromatic rings. The Bertz CT molecular complexity index is 1380. The zero-order valence-electron chi connectivity index (χ0n) is 18.2. The van der Waals surface area contributed by atoms with E-state index in [1.54, 1.807) is 33.8 Å². The minimum atomic E-state index is -0.316. The summed E-state index contributed by atoms with van der Waals surface area (Å²) in [5.74, 6) is 0.405. The molecular formula is C24H23ClN6O2. The van der Waals surface area contributed by atoms with Gasteiger partial charge in [0, 0.05) is 29.6 Å². The van der Waals surface area contributed by atoms with Gasteiger partial charge in [-0.25, -0.2) is 9.67 Å². The number of aromatic amines is 1. The van der Waals surface area contributed by atoms with Gasteiger partial charge in [-0.05, 0) is 43.5 Å². The number of H-pyrrole nitrogens is 1. The quantitative estimate of drug-likeness (QED) is 0.500. The topological polar surface area (TPSA) is 96.8 Å². The Morgan fingerprint density at radius 3 is 2.82 bits per heavy atom. The summed E-state index contributed by atoms with van der Waals surface area (Å²) in [4.78, 5) is 35.1. The second-order valence-electron chi connectivity index (χ2n) is 8.46. The fourth-order valence-corrected chi connectivity index (χ4v) is 4.43. The van der Waals surface area contributed by atoms with Crippen molar-refractivity contribution in [2.24, 2.45) is 0 Å². The number of aryl methyl sites for hydroxylation is 1. The van der Waals surface area contributed by atoms with E-state index >= 15 is 0 Å². The van der Waals surface area contributed by atoms with Gasteiger partial charge in [-0.1, -0.05) is 52.7 Å². The molecule has 1 aliphatic heterocycles. The van der Waals surface area contributed by atoms with Gasteiger partial charge in [0.2, 0.25) is 0 Å². The maximum atomic E-state index is 13.0. The Morgan fingerprint density at radius 1 is 1.21 bits per heavy atom. The second kappa shape index (κ2) is 8.78. The zero-order valence-corrected chi connectivity index (χ0v) is 18.9. The third-order valence-electron chi connectivity index (χ3n) is 6.01. The molecule has 3 heterocycles. The summed E-state index contributed by atoms with van der Waals surface area (Å²) in [6.45, 7) is 3.63. The van der Waals surface area contributed by atoms with Crippen LogP contribution in [0.5, 0.6) is 0 Å². The van der Waals surface area contributed by atoms with Crippen LogP contribution in [0.2, 0.25) is 5.02 Å². The van der Waals surface area contributed by atoms with E-state index in [9.17, 15) is 9.59 Å². The molecule has 5 rings (SSSR count). The van der Waals surface area contributed by atoms with Gasteiger partial charge >= 0.3 is 0 Å². The molecule has 2 aromatic heterocycles. The highest BCUT2D eigenvalue weighted by atomic mass is 35.5. The van der Waals surface area contributed by atoms with Crippen molar-refractivity contribution in [2.45, 2.75) is 32.2 Å². The number of hydrogen-bond acceptors (Lipinski definition) is 5. The van der Waals surface area contributed by atoms with E-state index in [1.165, 1.54) is 5.56 Å². The molecule has 0 bridgehead atoms. The van der Waals surface area contributed by atoms with E-state index in [0.29, 0.717) is 41.7 Å². The molecule has 0 radical (unpaired) electrons. The molecule has 33 heavy (non-hydrogen) atoms. The molecule has 1 atom stereocenters. The smallest absolute Gasteiger partial charge is 0.281 e. The third-order valence-corrected chi connectivity index (χ3v) is 6.25. The fraction of sp³-hybridized carbons (Fsp3) is 0.292. The molecule has 0 spiro atoms. The van der Waals surface area contributed by atoms with E-state index in [-0.39, 0.29) is 22.9 Å². The summed E-state index contributed by atoms with van der Waals surface area (Å²) in [6.07, 6.45) is 1.65. The lowest BCUT2D eigenvalue weighted by Gasteiger charge is -2.32. The number of nitrogens with one attached hydrogen (secondary N) is 1. The Hall–Kier alpha value is -3.52. The van der Waals surface area contributed by atoms with Crippen molar-refractivity contribution in [2.75, 3.05) is 13.1 Å². The van der Waals surface area contributed by atoms with Crippen molar-refractivity contribution in [3.05, 3.63) is 86.4 Å². The lowest BCUT2D eigenvalue weighted by molar-refractivity contribution is 0.0704. The average molecular weight is 463 g/mol. The van der Waals surface area contributed by atoms with Crippen molar-refractivity contribution in [1.29, 1.82) is 0 Å². The highest BCUT2D eigenvalue weighted by molar-refractivity contribution is 6.30. The molecule has 168 valence electrons. The Morgan fingerprint density at radius 2 is 2.03 bits per heavy atom. The molecule has 1 N–H and O–H groups in total. The third kappa shape index (κ3) is 4.39. The molecule has 8 nitrogen and oxygen atoms in total. The highest BCUT2D eigenvalue weighted by Crippen LogP contribution is 2.26. The summed E-state index contributed by atoms with van der Waals surface area (Å²) >= 11 is 6.06. The Labute approximate surface area is 195 Å². The van der Waals surface area contributed by atoms with Crippen molar-refractivity contribution in [3.8, 4) is 0 Å². The van der Waals surface area contributed by atoms with Crippen LogP contribution in [0, 0.1) is 6.92 Å². The van der Waals surface area contributed by atoms with E-state index < -0.39 is 0 Å². The van der Waals surface area contributed by atoms with E-state index in [4.69, 9.17) is 16.6 Å². The maximum Gasteiger partial charge on any atom is 0.281 e. The molecule has 2 aromatic carbocycles. The van der Waals surface area contributed by atoms with Crippen LogP contribution in [-0.2, 0) is 6.54 Å². The lowest BCUT2D eigenvalue weighted by Crippen LogP contribution is -2.40. The predicted octanol–water partition coefficient (Wildman–Crippen LogP) is 3.54. The number of benzene rings is 2. The van der Waals surface area contributed by atoms with Crippen LogP contribution in [-0.4, -0.2) is 48.9 Å². The first kappa shape index (κ1) is 21.3. The monoisotopic (exact) mass is 462 g/mol. The SMILES string of the molecule is Cc1ccc(Cn2nnc3c(=O)[nH]c(C4CCCN(C(=O)c5cccc(Cl)c5)C4)nc32)cc1. The lowest BCUT2D eigenvalue weighted by atomic mass is 9.96. The summed E-state index contributed by atoms with van der Waals surface area (Å²) in [6, 6.07) is 15.1. The number of piperidine rings is 1. The van der Waals surface area contributed by atoms with E-state index in [2.05, 4.69) is 15.3 Å². The van der Waals surface area contributed by atoms with Crippen molar-refractivity contribution in [1.82, 2.24) is 29.9 Å². The summed E-state index contributed by atoms with van der Waals surface area (Å²) in [5.41, 5.74) is 3.13. The molecule has 1 unspecified atom stereocenters. The molecule has 1 fully saturated rings. The first-order chi connectivity index (χ1) is 16.0. The molecule has 0 aliphatic carbocycles. The van der Waals surface area contributed by atoms with Gasteiger partial charge in [0.05, 0.1) is 6.54 Å². The molecule has 1 saturated heterocycles. The van der Waals surface area contributed by atoms with Crippen LogP contribution in [0.1, 0.15) is 46.1 Å². The van der Waals surface area contributed by atoms with E-state index in [0.717, 1.165) is 18.4 Å². The maximum absolute atomic E-state index is 13.0. The molecule has 1 amide bonds. The van der Waals surface area contributed by atoms with Gasteiger partial charge < -0.3 is 9.88 Å². The number of amides is 1. The van der Waals surface area contributed by atoms with Crippen LogP contribution < -0.4 is 5.56 Å². The Balaban J connectivity index is 1.42. The molecular weight excluding hydrogens is 440 g/mol. The van der Waals surface area contributed by atoms with Gasteiger partial charge in [-0.2, -0.15) is 0 Å². The number of nitrogens with zero attached hydrogens (tertiary/aromatic N) is 5. The first-order valence-electron chi connectivity index (χ1n) is 10.9. The number of likely N-dealkylation sites (tertiary alicyclic amines) is 1. The number of fused-ring (bicyclic) bond motifs is 1.